The first-order valence-electron chi connectivity index (χ1n) is 19.5. The molecule has 0 radical (unpaired) electrons. The Morgan fingerprint density at radius 1 is 0.281 bits per heavy atom. The summed E-state index contributed by atoms with van der Waals surface area (Å²) >= 11 is 0. The van der Waals surface area contributed by atoms with Crippen LogP contribution in [0.15, 0.2) is 224 Å². The average molecular weight is 728 g/mol. The molecule has 11 aromatic rings. The first-order valence-corrected chi connectivity index (χ1v) is 19.5. The minimum atomic E-state index is 1.06. The first-order chi connectivity index (χ1) is 28.3. The summed E-state index contributed by atoms with van der Waals surface area (Å²) in [6.07, 6.45) is 0. The van der Waals surface area contributed by atoms with E-state index in [-0.39, 0.29) is 0 Å². The number of benzene rings is 10. The molecule has 0 atom stereocenters. The van der Waals surface area contributed by atoms with Crippen molar-refractivity contribution < 1.29 is 0 Å². The molecule has 11 rings (SSSR count). The molecule has 0 aliphatic rings. The Kier molecular flexibility index (Phi) is 7.82. The van der Waals surface area contributed by atoms with Crippen LogP contribution in [0.25, 0.3) is 59.8 Å². The van der Waals surface area contributed by atoms with Gasteiger partial charge in [0.2, 0.25) is 0 Å². The van der Waals surface area contributed by atoms with Gasteiger partial charge in [0, 0.05) is 44.9 Å². The zero-order valence-corrected chi connectivity index (χ0v) is 31.2. The smallest absolute Gasteiger partial charge is 0.0782 e. The van der Waals surface area contributed by atoms with Crippen LogP contribution >= 0.6 is 0 Å². The Morgan fingerprint density at radius 2 is 0.789 bits per heavy atom. The summed E-state index contributed by atoms with van der Waals surface area (Å²) in [5.74, 6) is 0. The molecule has 0 saturated carbocycles. The lowest BCUT2D eigenvalue weighted by Gasteiger charge is -2.30. The lowest BCUT2D eigenvalue weighted by atomic mass is 9.96. The third-order valence-corrected chi connectivity index (χ3v) is 11.3. The number of rotatable bonds is 7. The fourth-order valence-electron chi connectivity index (χ4n) is 8.78. The van der Waals surface area contributed by atoms with E-state index in [0.717, 1.165) is 45.3 Å². The monoisotopic (exact) mass is 727 g/mol. The van der Waals surface area contributed by atoms with E-state index in [4.69, 9.17) is 0 Å². The molecular weight excluding hydrogens is 691 g/mol. The fraction of sp³-hybridized carbons (Fsp3) is 0. The second-order valence-electron chi connectivity index (χ2n) is 14.6. The molecule has 57 heavy (non-hydrogen) atoms. The van der Waals surface area contributed by atoms with Crippen LogP contribution in [-0.4, -0.2) is 4.57 Å². The zero-order valence-electron chi connectivity index (χ0n) is 31.2. The van der Waals surface area contributed by atoms with Gasteiger partial charge in [-0.05, 0) is 111 Å². The molecular formula is C54H37N3. The molecule has 0 N–H and O–H groups in total. The van der Waals surface area contributed by atoms with Crippen LogP contribution in [0.2, 0.25) is 0 Å². The van der Waals surface area contributed by atoms with Crippen molar-refractivity contribution >= 4 is 88.2 Å². The summed E-state index contributed by atoms with van der Waals surface area (Å²) in [7, 11) is 0. The summed E-state index contributed by atoms with van der Waals surface area (Å²) < 4.78 is 2.43. The molecule has 0 unspecified atom stereocenters. The van der Waals surface area contributed by atoms with Crippen LogP contribution in [0.1, 0.15) is 0 Å². The summed E-state index contributed by atoms with van der Waals surface area (Å²) in [5, 5.41) is 9.95. The second kappa shape index (κ2) is 13.6. The number of aromatic nitrogens is 1. The van der Waals surface area contributed by atoms with E-state index in [0.29, 0.717) is 0 Å². The number of fused-ring (bicyclic) bond motifs is 8. The van der Waals surface area contributed by atoms with Crippen molar-refractivity contribution in [2.75, 3.05) is 9.80 Å². The van der Waals surface area contributed by atoms with Crippen molar-refractivity contribution in [3.05, 3.63) is 224 Å². The van der Waals surface area contributed by atoms with Gasteiger partial charge < -0.3 is 14.4 Å². The second-order valence-corrected chi connectivity index (χ2v) is 14.6. The molecule has 0 amide bonds. The van der Waals surface area contributed by atoms with Crippen molar-refractivity contribution in [1.82, 2.24) is 4.57 Å². The molecule has 0 aliphatic carbocycles. The van der Waals surface area contributed by atoms with Gasteiger partial charge in [-0.1, -0.05) is 146 Å². The van der Waals surface area contributed by atoms with Gasteiger partial charge >= 0.3 is 0 Å². The van der Waals surface area contributed by atoms with Gasteiger partial charge in [-0.3, -0.25) is 0 Å². The number of hydrogen-bond acceptors (Lipinski definition) is 2. The zero-order chi connectivity index (χ0) is 37.7. The molecule has 1 aromatic heterocycles. The maximum atomic E-state index is 2.45. The number of nitrogens with zero attached hydrogens (tertiary/aromatic N) is 3. The minimum absolute atomic E-state index is 1.06. The summed E-state index contributed by atoms with van der Waals surface area (Å²) in [4.78, 5) is 4.78. The van der Waals surface area contributed by atoms with Crippen molar-refractivity contribution in [3.63, 3.8) is 0 Å². The molecule has 10 aromatic carbocycles. The molecule has 3 heteroatoms. The number of hydrogen-bond donors (Lipinski definition) is 0. The van der Waals surface area contributed by atoms with Crippen molar-refractivity contribution in [1.29, 1.82) is 0 Å². The standard InChI is InChI=1S/C54H37N3/c1-4-17-40(18-5-1)55(41-19-6-2-7-20-41)43-23-14-24-44(37-43)56(45-32-35-47-39(36-45)31-34-48-46-25-11-10-16-38(46)30-33-49(47)48)53-29-15-27-51-50-26-12-13-28-52(50)57(54(51)53)42-21-8-3-9-22-42/h1-37H. The fourth-order valence-corrected chi connectivity index (χ4v) is 8.78. The van der Waals surface area contributed by atoms with Crippen LogP contribution in [0.3, 0.4) is 0 Å². The van der Waals surface area contributed by atoms with Crippen LogP contribution < -0.4 is 9.80 Å². The number of anilines is 6. The first kappa shape index (κ1) is 32.8. The predicted octanol–water partition coefficient (Wildman–Crippen LogP) is 15.2. The van der Waals surface area contributed by atoms with Crippen molar-refractivity contribution in [2.45, 2.75) is 0 Å². The molecule has 0 saturated heterocycles. The van der Waals surface area contributed by atoms with Crippen molar-refractivity contribution in [3.8, 4) is 5.69 Å². The topological polar surface area (TPSA) is 11.4 Å². The average Bonchev–Trinajstić information content (AvgIpc) is 3.63. The van der Waals surface area contributed by atoms with Gasteiger partial charge in [-0.25, -0.2) is 0 Å². The summed E-state index contributed by atoms with van der Waals surface area (Å²) in [6, 6.07) is 81.2. The summed E-state index contributed by atoms with van der Waals surface area (Å²) in [6.45, 7) is 0. The van der Waals surface area contributed by atoms with E-state index in [2.05, 4.69) is 239 Å². The van der Waals surface area contributed by atoms with E-state index in [9.17, 15) is 0 Å². The normalized spacial score (nSPS) is 11.5. The highest BCUT2D eigenvalue weighted by atomic mass is 15.2. The van der Waals surface area contributed by atoms with Gasteiger partial charge in [-0.2, -0.15) is 0 Å². The lowest BCUT2D eigenvalue weighted by Crippen LogP contribution is -2.14. The number of para-hydroxylation sites is 5. The SMILES string of the molecule is c1ccc(N(c2ccccc2)c2cccc(N(c3ccc4c(ccc5c6ccccc6ccc45)c3)c3cccc4c5ccccc5n(-c5ccccc5)c34)c2)cc1. The van der Waals surface area contributed by atoms with Gasteiger partial charge in [0.25, 0.3) is 0 Å². The Bertz CT molecular complexity index is 3200. The Balaban J connectivity index is 1.18. The van der Waals surface area contributed by atoms with Gasteiger partial charge in [-0.15, -0.1) is 0 Å². The van der Waals surface area contributed by atoms with Gasteiger partial charge in [0.05, 0.1) is 16.7 Å². The maximum Gasteiger partial charge on any atom is 0.0782 e. The third kappa shape index (κ3) is 5.51. The largest absolute Gasteiger partial charge is 0.310 e. The quantitative estimate of drug-likeness (QED) is 0.151. The van der Waals surface area contributed by atoms with Gasteiger partial charge in [0.1, 0.15) is 0 Å². The van der Waals surface area contributed by atoms with E-state index in [1.54, 1.807) is 0 Å². The van der Waals surface area contributed by atoms with E-state index >= 15 is 0 Å². The Labute approximate surface area is 331 Å². The highest BCUT2D eigenvalue weighted by molar-refractivity contribution is 6.18. The van der Waals surface area contributed by atoms with Crippen LogP contribution in [-0.2, 0) is 0 Å². The molecule has 268 valence electrons. The van der Waals surface area contributed by atoms with E-state index in [1.165, 1.54) is 48.6 Å². The summed E-state index contributed by atoms with van der Waals surface area (Å²) in [5.41, 5.74) is 9.98. The Morgan fingerprint density at radius 3 is 1.53 bits per heavy atom. The molecule has 0 bridgehead atoms. The third-order valence-electron chi connectivity index (χ3n) is 11.3. The van der Waals surface area contributed by atoms with Crippen LogP contribution in [0, 0.1) is 0 Å². The molecule has 0 spiro atoms. The highest BCUT2D eigenvalue weighted by Gasteiger charge is 2.23. The maximum absolute atomic E-state index is 2.45. The molecule has 0 fully saturated rings. The molecule has 3 nitrogen and oxygen atoms in total. The highest BCUT2D eigenvalue weighted by Crippen LogP contribution is 2.46. The lowest BCUT2D eigenvalue weighted by molar-refractivity contribution is 1.17. The molecule has 0 aliphatic heterocycles. The van der Waals surface area contributed by atoms with Gasteiger partial charge in [0.15, 0.2) is 0 Å². The van der Waals surface area contributed by atoms with E-state index < -0.39 is 0 Å². The van der Waals surface area contributed by atoms with Crippen LogP contribution in [0.5, 0.6) is 0 Å². The minimum Gasteiger partial charge on any atom is -0.310 e. The molecule has 1 heterocycles. The van der Waals surface area contributed by atoms with E-state index in [1.807, 2.05) is 0 Å². The van der Waals surface area contributed by atoms with Crippen LogP contribution in [0.4, 0.5) is 34.1 Å². The van der Waals surface area contributed by atoms with Crippen molar-refractivity contribution in [2.24, 2.45) is 0 Å². The Hall–Kier alpha value is -7.62. The predicted molar refractivity (Wildman–Crippen MR) is 243 cm³/mol.